The van der Waals surface area contributed by atoms with Gasteiger partial charge in [-0.25, -0.2) is 0 Å². The zero-order valence-electron chi connectivity index (χ0n) is 15.5. The fraction of sp³-hybridized carbons (Fsp3) is 0.174. The summed E-state index contributed by atoms with van der Waals surface area (Å²) in [7, 11) is 0. The van der Waals surface area contributed by atoms with Gasteiger partial charge in [-0.05, 0) is 55.3 Å². The smallest absolute Gasteiger partial charge is 0.221 e. The number of hydrogen-bond acceptors (Lipinski definition) is 4. The molecule has 1 aromatic heterocycles. The van der Waals surface area contributed by atoms with Crippen LogP contribution in [0.25, 0.3) is 6.08 Å². The summed E-state index contributed by atoms with van der Waals surface area (Å²) < 4.78 is 16.9. The first-order valence-corrected chi connectivity index (χ1v) is 8.88. The second-order valence-corrected chi connectivity index (χ2v) is 6.02. The fourth-order valence-corrected chi connectivity index (χ4v) is 2.57. The molecule has 0 saturated carbocycles. The molecule has 0 aliphatic heterocycles. The van der Waals surface area contributed by atoms with Gasteiger partial charge >= 0.3 is 0 Å². The third kappa shape index (κ3) is 5.11. The predicted octanol–water partition coefficient (Wildman–Crippen LogP) is 5.46. The molecule has 4 nitrogen and oxygen atoms in total. The summed E-state index contributed by atoms with van der Waals surface area (Å²) in [6.07, 6.45) is 3.23. The molecule has 0 unspecified atom stereocenters. The number of aryl methyl sites for hydroxylation is 1. The third-order valence-electron chi connectivity index (χ3n) is 3.92. The van der Waals surface area contributed by atoms with Gasteiger partial charge < -0.3 is 13.9 Å². The van der Waals surface area contributed by atoms with Crippen LogP contribution in [-0.2, 0) is 6.61 Å². The first-order chi connectivity index (χ1) is 13.2. The van der Waals surface area contributed by atoms with Crippen molar-refractivity contribution in [2.45, 2.75) is 20.5 Å². The lowest BCUT2D eigenvalue weighted by Gasteiger charge is -2.12. The number of ketones is 1. The van der Waals surface area contributed by atoms with Crippen molar-refractivity contribution in [2.75, 3.05) is 6.61 Å². The topological polar surface area (TPSA) is 48.7 Å². The minimum absolute atomic E-state index is 0.175. The van der Waals surface area contributed by atoms with Crippen molar-refractivity contribution in [3.63, 3.8) is 0 Å². The summed E-state index contributed by atoms with van der Waals surface area (Å²) in [4.78, 5) is 12.1. The van der Waals surface area contributed by atoms with Gasteiger partial charge in [0, 0.05) is 0 Å². The Morgan fingerprint density at radius 2 is 1.81 bits per heavy atom. The van der Waals surface area contributed by atoms with Crippen LogP contribution in [0.2, 0.25) is 0 Å². The highest BCUT2D eigenvalue weighted by molar-refractivity contribution is 6.04. The van der Waals surface area contributed by atoms with Crippen LogP contribution in [0.1, 0.15) is 34.4 Å². The molecule has 0 radical (unpaired) electrons. The van der Waals surface area contributed by atoms with Crippen molar-refractivity contribution in [1.29, 1.82) is 0 Å². The highest BCUT2D eigenvalue weighted by atomic mass is 16.5. The Bertz CT molecular complexity index is 923. The molecule has 0 saturated heterocycles. The number of carbonyl (C=O) groups excluding carboxylic acids is 1. The third-order valence-corrected chi connectivity index (χ3v) is 3.92. The Morgan fingerprint density at radius 1 is 1.00 bits per heavy atom. The summed E-state index contributed by atoms with van der Waals surface area (Å²) in [6.45, 7) is 4.72. The van der Waals surface area contributed by atoms with Crippen LogP contribution in [0.4, 0.5) is 0 Å². The summed E-state index contributed by atoms with van der Waals surface area (Å²) in [5, 5.41) is 0. The van der Waals surface area contributed by atoms with E-state index in [1.807, 2.05) is 62.4 Å². The number of benzene rings is 2. The van der Waals surface area contributed by atoms with Gasteiger partial charge in [0.05, 0.1) is 6.61 Å². The van der Waals surface area contributed by atoms with Crippen LogP contribution in [-0.4, -0.2) is 12.4 Å². The molecule has 3 aromatic rings. The summed E-state index contributed by atoms with van der Waals surface area (Å²) in [5.41, 5.74) is 1.94. The average Bonchev–Trinajstić information content (AvgIpc) is 3.13. The van der Waals surface area contributed by atoms with Crippen LogP contribution in [0.5, 0.6) is 11.5 Å². The van der Waals surface area contributed by atoms with Gasteiger partial charge in [0.1, 0.15) is 12.4 Å². The minimum Gasteiger partial charge on any atom is -0.490 e. The van der Waals surface area contributed by atoms with Crippen LogP contribution in [0.3, 0.4) is 0 Å². The van der Waals surface area contributed by atoms with Crippen LogP contribution in [0.15, 0.2) is 71.2 Å². The Kier molecular flexibility index (Phi) is 6.10. The van der Waals surface area contributed by atoms with E-state index in [0.29, 0.717) is 36.2 Å². The number of ether oxygens (including phenoxy) is 2. The number of furan rings is 1. The summed E-state index contributed by atoms with van der Waals surface area (Å²) >= 11 is 0. The van der Waals surface area contributed by atoms with E-state index in [1.54, 1.807) is 18.2 Å². The quantitative estimate of drug-likeness (QED) is 0.394. The lowest BCUT2D eigenvalue weighted by molar-refractivity contribution is 0.102. The van der Waals surface area contributed by atoms with E-state index in [9.17, 15) is 4.79 Å². The Balaban J connectivity index is 1.72. The highest BCUT2D eigenvalue weighted by Gasteiger charge is 2.08. The molecule has 3 rings (SSSR count). The van der Waals surface area contributed by atoms with Gasteiger partial charge in [-0.1, -0.05) is 42.5 Å². The average molecular weight is 362 g/mol. The molecule has 0 amide bonds. The van der Waals surface area contributed by atoms with E-state index in [2.05, 4.69) is 0 Å². The van der Waals surface area contributed by atoms with Gasteiger partial charge in [-0.2, -0.15) is 0 Å². The molecule has 0 atom stereocenters. The maximum atomic E-state index is 12.1. The maximum absolute atomic E-state index is 12.1. The monoisotopic (exact) mass is 362 g/mol. The van der Waals surface area contributed by atoms with E-state index in [0.717, 1.165) is 11.1 Å². The summed E-state index contributed by atoms with van der Waals surface area (Å²) in [5.74, 6) is 2.19. The molecule has 0 fully saturated rings. The number of carbonyl (C=O) groups is 1. The van der Waals surface area contributed by atoms with E-state index in [1.165, 1.54) is 6.08 Å². The molecule has 2 aromatic carbocycles. The Labute approximate surface area is 159 Å². The number of allylic oxidation sites excluding steroid dienone is 1. The van der Waals surface area contributed by atoms with Gasteiger partial charge in [-0.3, -0.25) is 4.79 Å². The molecule has 138 valence electrons. The van der Waals surface area contributed by atoms with Gasteiger partial charge in [0.25, 0.3) is 0 Å². The second-order valence-electron chi connectivity index (χ2n) is 6.02. The lowest BCUT2D eigenvalue weighted by Crippen LogP contribution is -2.00. The lowest BCUT2D eigenvalue weighted by atomic mass is 10.1. The fourth-order valence-electron chi connectivity index (χ4n) is 2.57. The molecule has 0 aliphatic carbocycles. The highest BCUT2D eigenvalue weighted by Crippen LogP contribution is 2.30. The van der Waals surface area contributed by atoms with Crippen LogP contribution >= 0.6 is 0 Å². The SMILES string of the molecule is CCOc1cc(/C=C/C(=O)c2ccc(C)o2)ccc1OCc1ccccc1. The molecule has 1 heterocycles. The zero-order valence-corrected chi connectivity index (χ0v) is 15.5. The van der Waals surface area contributed by atoms with Crippen molar-refractivity contribution >= 4 is 11.9 Å². The van der Waals surface area contributed by atoms with E-state index in [-0.39, 0.29) is 5.78 Å². The van der Waals surface area contributed by atoms with Crippen LogP contribution < -0.4 is 9.47 Å². The normalized spacial score (nSPS) is 10.9. The van der Waals surface area contributed by atoms with Crippen LogP contribution in [0, 0.1) is 6.92 Å². The maximum Gasteiger partial charge on any atom is 0.221 e. The van der Waals surface area contributed by atoms with Gasteiger partial charge in [0.15, 0.2) is 17.3 Å². The molecule has 4 heteroatoms. The predicted molar refractivity (Wildman–Crippen MR) is 105 cm³/mol. The molecule has 0 aliphatic rings. The van der Waals surface area contributed by atoms with Gasteiger partial charge in [0.2, 0.25) is 5.78 Å². The largest absolute Gasteiger partial charge is 0.490 e. The molecular weight excluding hydrogens is 340 g/mol. The molecule has 0 bridgehead atoms. The van der Waals surface area contributed by atoms with E-state index < -0.39 is 0 Å². The van der Waals surface area contributed by atoms with Crippen molar-refractivity contribution in [3.05, 3.63) is 89.4 Å². The minimum atomic E-state index is -0.175. The standard InChI is InChI=1S/C23H22O4/c1-3-25-23-15-18(10-12-20(24)21-13-9-17(2)27-21)11-14-22(23)26-16-19-7-5-4-6-8-19/h4-15H,3,16H2,1-2H3/b12-10+. The van der Waals surface area contributed by atoms with Crippen molar-refractivity contribution in [2.24, 2.45) is 0 Å². The summed E-state index contributed by atoms with van der Waals surface area (Å²) in [6, 6.07) is 19.0. The first-order valence-electron chi connectivity index (χ1n) is 8.88. The molecule has 27 heavy (non-hydrogen) atoms. The second kappa shape index (κ2) is 8.90. The van der Waals surface area contributed by atoms with Crippen molar-refractivity contribution in [3.8, 4) is 11.5 Å². The Morgan fingerprint density at radius 3 is 2.52 bits per heavy atom. The number of hydrogen-bond donors (Lipinski definition) is 0. The van der Waals surface area contributed by atoms with Gasteiger partial charge in [-0.15, -0.1) is 0 Å². The zero-order chi connectivity index (χ0) is 19.1. The van der Waals surface area contributed by atoms with E-state index in [4.69, 9.17) is 13.9 Å². The number of rotatable bonds is 8. The van der Waals surface area contributed by atoms with Crippen molar-refractivity contribution in [1.82, 2.24) is 0 Å². The molecular formula is C23H22O4. The van der Waals surface area contributed by atoms with E-state index >= 15 is 0 Å². The first kappa shape index (κ1) is 18.5. The van der Waals surface area contributed by atoms with Crippen molar-refractivity contribution < 1.29 is 18.7 Å². The molecule has 0 spiro atoms. The molecule has 0 N–H and O–H groups in total. The Hall–Kier alpha value is -3.27.